The van der Waals surface area contributed by atoms with E-state index in [-0.39, 0.29) is 5.54 Å². The third kappa shape index (κ3) is 2.70. The second-order valence-electron chi connectivity index (χ2n) is 6.63. The highest BCUT2D eigenvalue weighted by molar-refractivity contribution is 5.37. The van der Waals surface area contributed by atoms with Gasteiger partial charge in [-0.25, -0.2) is 0 Å². The molecule has 2 aliphatic heterocycles. The summed E-state index contributed by atoms with van der Waals surface area (Å²) >= 11 is 0. The quantitative estimate of drug-likeness (QED) is 0.916. The van der Waals surface area contributed by atoms with Crippen LogP contribution in [0.3, 0.4) is 0 Å². The molecule has 1 fully saturated rings. The summed E-state index contributed by atoms with van der Waals surface area (Å²) < 4.78 is 6.10. The molecule has 3 heteroatoms. The van der Waals surface area contributed by atoms with Crippen LogP contribution in [-0.4, -0.2) is 42.2 Å². The predicted octanol–water partition coefficient (Wildman–Crippen LogP) is 2.45. The van der Waals surface area contributed by atoms with E-state index in [1.807, 2.05) is 0 Å². The minimum atomic E-state index is 0.248. The van der Waals surface area contributed by atoms with Gasteiger partial charge in [-0.05, 0) is 31.9 Å². The van der Waals surface area contributed by atoms with E-state index in [1.54, 1.807) is 0 Å². The minimum Gasteiger partial charge on any atom is -0.488 e. The first-order valence-electron chi connectivity index (χ1n) is 7.83. The lowest BCUT2D eigenvalue weighted by molar-refractivity contribution is 0.0577. The molecule has 0 aromatic heterocycles. The monoisotopic (exact) mass is 274 g/mol. The van der Waals surface area contributed by atoms with Crippen LogP contribution >= 0.6 is 0 Å². The van der Waals surface area contributed by atoms with E-state index in [9.17, 15) is 0 Å². The topological polar surface area (TPSA) is 24.5 Å². The molecule has 3 rings (SSSR count). The lowest BCUT2D eigenvalue weighted by Crippen LogP contribution is -2.63. The summed E-state index contributed by atoms with van der Waals surface area (Å²) in [6.07, 6.45) is 2.53. The summed E-state index contributed by atoms with van der Waals surface area (Å²) in [4.78, 5) is 2.59. The molecule has 2 aliphatic rings. The summed E-state index contributed by atoms with van der Waals surface area (Å²) in [6.45, 7) is 10.1. The Morgan fingerprint density at radius 2 is 2.20 bits per heavy atom. The number of nitrogens with zero attached hydrogens (tertiary/aromatic N) is 1. The molecule has 0 saturated carbocycles. The summed E-state index contributed by atoms with van der Waals surface area (Å²) in [5, 5.41) is 3.68. The zero-order valence-corrected chi connectivity index (χ0v) is 12.9. The van der Waals surface area contributed by atoms with Gasteiger partial charge >= 0.3 is 0 Å². The first-order valence-corrected chi connectivity index (χ1v) is 7.83. The fourth-order valence-electron chi connectivity index (χ4n) is 3.28. The lowest BCUT2D eigenvalue weighted by Gasteiger charge is -2.45. The smallest absolute Gasteiger partial charge is 0.123 e. The average Bonchev–Trinajstić information content (AvgIpc) is 2.85. The van der Waals surface area contributed by atoms with Crippen molar-refractivity contribution < 1.29 is 4.74 Å². The Bertz CT molecular complexity index is 451. The molecule has 0 bridgehead atoms. The standard InChI is InChI=1S/C17H26N2O/c1-4-17(3)12-19(13(2)10-18-17)11-15-9-14-7-5-6-8-16(14)20-15/h5-8,13,15,18H,4,9-12H2,1-3H3. The number of piperazine rings is 1. The number of hydrogen-bond donors (Lipinski definition) is 1. The van der Waals surface area contributed by atoms with Crippen LogP contribution in [0, 0.1) is 0 Å². The highest BCUT2D eigenvalue weighted by Crippen LogP contribution is 2.29. The average molecular weight is 274 g/mol. The molecule has 0 radical (unpaired) electrons. The number of rotatable bonds is 3. The van der Waals surface area contributed by atoms with Gasteiger partial charge in [-0.2, -0.15) is 0 Å². The maximum Gasteiger partial charge on any atom is 0.123 e. The number of fused-ring (bicyclic) bond motifs is 1. The highest BCUT2D eigenvalue weighted by Gasteiger charge is 2.35. The van der Waals surface area contributed by atoms with Crippen molar-refractivity contribution in [3.8, 4) is 5.75 Å². The Balaban J connectivity index is 1.63. The van der Waals surface area contributed by atoms with Crippen molar-refractivity contribution >= 4 is 0 Å². The van der Waals surface area contributed by atoms with E-state index in [4.69, 9.17) is 4.74 Å². The summed E-state index contributed by atoms with van der Waals surface area (Å²) in [7, 11) is 0. The molecule has 1 aromatic rings. The van der Waals surface area contributed by atoms with E-state index in [1.165, 1.54) is 12.0 Å². The number of nitrogens with one attached hydrogen (secondary N) is 1. The van der Waals surface area contributed by atoms with E-state index >= 15 is 0 Å². The van der Waals surface area contributed by atoms with Gasteiger partial charge in [-0.1, -0.05) is 25.1 Å². The van der Waals surface area contributed by atoms with Crippen molar-refractivity contribution in [2.75, 3.05) is 19.6 Å². The molecule has 0 amide bonds. The van der Waals surface area contributed by atoms with Gasteiger partial charge in [0.2, 0.25) is 0 Å². The highest BCUT2D eigenvalue weighted by atomic mass is 16.5. The molecule has 20 heavy (non-hydrogen) atoms. The Hall–Kier alpha value is -1.06. The molecule has 1 aromatic carbocycles. The number of hydrogen-bond acceptors (Lipinski definition) is 3. The fourth-order valence-corrected chi connectivity index (χ4v) is 3.28. The molecule has 3 nitrogen and oxygen atoms in total. The van der Waals surface area contributed by atoms with E-state index in [2.05, 4.69) is 55.3 Å². The second-order valence-corrected chi connectivity index (χ2v) is 6.63. The number of benzene rings is 1. The molecular weight excluding hydrogens is 248 g/mol. The largest absolute Gasteiger partial charge is 0.488 e. The predicted molar refractivity (Wildman–Crippen MR) is 82.3 cm³/mol. The van der Waals surface area contributed by atoms with Crippen LogP contribution in [0.15, 0.2) is 24.3 Å². The normalized spacial score (nSPS) is 33.8. The molecule has 2 heterocycles. The number of para-hydroxylation sites is 1. The second kappa shape index (κ2) is 5.38. The van der Waals surface area contributed by atoms with E-state index in [0.29, 0.717) is 12.1 Å². The molecule has 0 spiro atoms. The van der Waals surface area contributed by atoms with Gasteiger partial charge in [-0.15, -0.1) is 0 Å². The van der Waals surface area contributed by atoms with Crippen molar-refractivity contribution in [2.24, 2.45) is 0 Å². The molecule has 1 N–H and O–H groups in total. The first-order chi connectivity index (χ1) is 9.59. The van der Waals surface area contributed by atoms with Gasteiger partial charge in [0.1, 0.15) is 11.9 Å². The van der Waals surface area contributed by atoms with Crippen molar-refractivity contribution in [1.29, 1.82) is 0 Å². The third-order valence-corrected chi connectivity index (χ3v) is 4.93. The molecule has 0 aliphatic carbocycles. The first kappa shape index (κ1) is 13.9. The molecular formula is C17H26N2O. The zero-order chi connectivity index (χ0) is 14.2. The van der Waals surface area contributed by atoms with Gasteiger partial charge in [0.25, 0.3) is 0 Å². The van der Waals surface area contributed by atoms with Crippen LogP contribution in [0.4, 0.5) is 0 Å². The molecule has 3 unspecified atom stereocenters. The van der Waals surface area contributed by atoms with E-state index < -0.39 is 0 Å². The minimum absolute atomic E-state index is 0.248. The van der Waals surface area contributed by atoms with Gasteiger partial charge in [-0.3, -0.25) is 4.90 Å². The van der Waals surface area contributed by atoms with Crippen molar-refractivity contribution in [1.82, 2.24) is 10.2 Å². The van der Waals surface area contributed by atoms with Crippen molar-refractivity contribution in [3.63, 3.8) is 0 Å². The summed E-state index contributed by atoms with van der Waals surface area (Å²) in [6, 6.07) is 9.02. The Morgan fingerprint density at radius 1 is 1.40 bits per heavy atom. The van der Waals surface area contributed by atoms with Crippen molar-refractivity contribution in [3.05, 3.63) is 29.8 Å². The Labute approximate surface area is 122 Å². The maximum atomic E-state index is 6.10. The van der Waals surface area contributed by atoms with Crippen LogP contribution in [0.1, 0.15) is 32.8 Å². The van der Waals surface area contributed by atoms with Crippen molar-refractivity contribution in [2.45, 2.75) is 51.3 Å². The van der Waals surface area contributed by atoms with E-state index in [0.717, 1.165) is 31.8 Å². The molecule has 3 atom stereocenters. The van der Waals surface area contributed by atoms with Crippen LogP contribution in [0.25, 0.3) is 0 Å². The zero-order valence-electron chi connectivity index (χ0n) is 12.9. The maximum absolute atomic E-state index is 6.10. The van der Waals surface area contributed by atoms with Gasteiger partial charge in [0.05, 0.1) is 0 Å². The van der Waals surface area contributed by atoms with Crippen LogP contribution in [0.5, 0.6) is 5.75 Å². The van der Waals surface area contributed by atoms with Gasteiger partial charge < -0.3 is 10.1 Å². The third-order valence-electron chi connectivity index (χ3n) is 4.93. The Kier molecular flexibility index (Phi) is 3.74. The summed E-state index contributed by atoms with van der Waals surface area (Å²) in [5.74, 6) is 1.08. The number of ether oxygens (including phenoxy) is 1. The molecule has 1 saturated heterocycles. The lowest BCUT2D eigenvalue weighted by atomic mass is 9.93. The summed E-state index contributed by atoms with van der Waals surface area (Å²) in [5.41, 5.74) is 1.61. The Morgan fingerprint density at radius 3 is 2.95 bits per heavy atom. The van der Waals surface area contributed by atoms with Gasteiger partial charge in [0.15, 0.2) is 0 Å². The van der Waals surface area contributed by atoms with Crippen LogP contribution in [-0.2, 0) is 6.42 Å². The van der Waals surface area contributed by atoms with Gasteiger partial charge in [0, 0.05) is 37.6 Å². The van der Waals surface area contributed by atoms with Crippen LogP contribution < -0.4 is 10.1 Å². The molecule has 110 valence electrons. The SMILES string of the molecule is CCC1(C)CN(CC2Cc3ccccc3O2)C(C)CN1. The fraction of sp³-hybridized carbons (Fsp3) is 0.647. The van der Waals surface area contributed by atoms with Crippen LogP contribution in [0.2, 0.25) is 0 Å².